The van der Waals surface area contributed by atoms with E-state index in [-0.39, 0.29) is 11.5 Å². The monoisotopic (exact) mass is 264 g/mol. The van der Waals surface area contributed by atoms with Gasteiger partial charge in [-0.3, -0.25) is 0 Å². The Kier molecular flexibility index (Phi) is 5.29. The van der Waals surface area contributed by atoms with Crippen molar-refractivity contribution in [3.8, 4) is 0 Å². The van der Waals surface area contributed by atoms with Crippen molar-refractivity contribution in [3.63, 3.8) is 0 Å². The predicted molar refractivity (Wildman–Crippen MR) is 81.3 cm³/mol. The fourth-order valence-electron chi connectivity index (χ4n) is 1.84. The van der Waals surface area contributed by atoms with E-state index in [2.05, 4.69) is 49.5 Å². The van der Waals surface area contributed by atoms with E-state index >= 15 is 0 Å². The maximum absolute atomic E-state index is 5.94. The third-order valence-corrected chi connectivity index (χ3v) is 3.86. The van der Waals surface area contributed by atoms with Crippen molar-refractivity contribution in [2.24, 2.45) is 11.1 Å². The van der Waals surface area contributed by atoms with Crippen molar-refractivity contribution in [3.05, 3.63) is 18.0 Å². The first kappa shape index (κ1) is 15.9. The zero-order valence-corrected chi connectivity index (χ0v) is 13.1. The van der Waals surface area contributed by atoms with E-state index in [1.54, 1.807) is 0 Å². The SMILES string of the molecule is CCC(N)Cc1cnc(N(C)C(C)C(C)(C)C)nc1. The van der Waals surface area contributed by atoms with E-state index in [9.17, 15) is 0 Å². The molecule has 2 atom stereocenters. The number of rotatable bonds is 5. The van der Waals surface area contributed by atoms with Crippen molar-refractivity contribution >= 4 is 5.95 Å². The van der Waals surface area contributed by atoms with E-state index in [0.717, 1.165) is 24.4 Å². The van der Waals surface area contributed by atoms with Gasteiger partial charge in [-0.15, -0.1) is 0 Å². The largest absolute Gasteiger partial charge is 0.341 e. The number of hydrogen-bond donors (Lipinski definition) is 1. The maximum Gasteiger partial charge on any atom is 0.225 e. The number of nitrogens with two attached hydrogens (primary N) is 1. The molecule has 1 aromatic heterocycles. The molecule has 108 valence electrons. The van der Waals surface area contributed by atoms with Crippen molar-refractivity contribution < 1.29 is 0 Å². The molecule has 1 aromatic rings. The van der Waals surface area contributed by atoms with Gasteiger partial charge >= 0.3 is 0 Å². The molecule has 4 nitrogen and oxygen atoms in total. The Labute approximate surface area is 117 Å². The Balaban J connectivity index is 2.76. The molecule has 0 aliphatic heterocycles. The topological polar surface area (TPSA) is 55.0 Å². The van der Waals surface area contributed by atoms with Crippen LogP contribution in [0.5, 0.6) is 0 Å². The van der Waals surface area contributed by atoms with E-state index in [0.29, 0.717) is 6.04 Å². The van der Waals surface area contributed by atoms with E-state index in [4.69, 9.17) is 5.73 Å². The summed E-state index contributed by atoms with van der Waals surface area (Å²) in [7, 11) is 2.04. The van der Waals surface area contributed by atoms with Crippen LogP contribution < -0.4 is 10.6 Å². The fourth-order valence-corrected chi connectivity index (χ4v) is 1.84. The Morgan fingerprint density at radius 1 is 1.26 bits per heavy atom. The van der Waals surface area contributed by atoms with E-state index in [1.165, 1.54) is 0 Å². The molecule has 1 heterocycles. The molecule has 0 spiro atoms. The molecule has 2 unspecified atom stereocenters. The molecule has 0 aromatic carbocycles. The van der Waals surface area contributed by atoms with Gasteiger partial charge in [0.2, 0.25) is 5.95 Å². The summed E-state index contributed by atoms with van der Waals surface area (Å²) in [6.45, 7) is 11.0. The zero-order valence-electron chi connectivity index (χ0n) is 13.1. The van der Waals surface area contributed by atoms with Crippen LogP contribution in [0.2, 0.25) is 0 Å². The molecule has 1 rings (SSSR count). The highest BCUT2D eigenvalue weighted by Gasteiger charge is 2.25. The minimum Gasteiger partial charge on any atom is -0.341 e. The second kappa shape index (κ2) is 6.33. The van der Waals surface area contributed by atoms with Gasteiger partial charge < -0.3 is 10.6 Å². The highest BCUT2D eigenvalue weighted by atomic mass is 15.2. The van der Waals surface area contributed by atoms with Crippen LogP contribution >= 0.6 is 0 Å². The van der Waals surface area contributed by atoms with Gasteiger partial charge in [-0.2, -0.15) is 0 Å². The fraction of sp³-hybridized carbons (Fsp3) is 0.733. The first-order valence-electron chi connectivity index (χ1n) is 7.05. The van der Waals surface area contributed by atoms with Gasteiger partial charge in [-0.1, -0.05) is 27.7 Å². The van der Waals surface area contributed by atoms with Crippen LogP contribution in [0.3, 0.4) is 0 Å². The molecule has 0 amide bonds. The van der Waals surface area contributed by atoms with Gasteiger partial charge in [0.25, 0.3) is 0 Å². The van der Waals surface area contributed by atoms with Crippen LogP contribution in [0.1, 0.15) is 46.6 Å². The van der Waals surface area contributed by atoms with Crippen LogP contribution in [-0.2, 0) is 6.42 Å². The Hall–Kier alpha value is -1.16. The van der Waals surface area contributed by atoms with Crippen molar-refractivity contribution in [2.75, 3.05) is 11.9 Å². The van der Waals surface area contributed by atoms with Gasteiger partial charge in [-0.25, -0.2) is 9.97 Å². The third kappa shape index (κ3) is 4.46. The summed E-state index contributed by atoms with van der Waals surface area (Å²) in [5, 5.41) is 0. The maximum atomic E-state index is 5.94. The summed E-state index contributed by atoms with van der Waals surface area (Å²) >= 11 is 0. The van der Waals surface area contributed by atoms with E-state index in [1.807, 2.05) is 19.4 Å². The number of anilines is 1. The summed E-state index contributed by atoms with van der Waals surface area (Å²) in [6, 6.07) is 0.567. The van der Waals surface area contributed by atoms with Gasteiger partial charge in [0.05, 0.1) is 0 Å². The van der Waals surface area contributed by atoms with Gasteiger partial charge in [0.15, 0.2) is 0 Å². The lowest BCUT2D eigenvalue weighted by atomic mass is 9.87. The van der Waals surface area contributed by atoms with Crippen molar-refractivity contribution in [1.29, 1.82) is 0 Å². The average molecular weight is 264 g/mol. The standard InChI is InChI=1S/C15H28N4/c1-7-13(16)8-12-9-17-14(18-10-12)19(6)11(2)15(3,4)5/h9-11,13H,7-8,16H2,1-6H3. The Morgan fingerprint density at radius 3 is 2.21 bits per heavy atom. The lowest BCUT2D eigenvalue weighted by Crippen LogP contribution is -2.40. The molecule has 19 heavy (non-hydrogen) atoms. The molecule has 0 aliphatic carbocycles. The van der Waals surface area contributed by atoms with Crippen molar-refractivity contribution in [2.45, 2.75) is 59.5 Å². The molecule has 0 fully saturated rings. The lowest BCUT2D eigenvalue weighted by molar-refractivity contribution is 0.327. The highest BCUT2D eigenvalue weighted by Crippen LogP contribution is 2.25. The quantitative estimate of drug-likeness (QED) is 0.888. The van der Waals surface area contributed by atoms with E-state index < -0.39 is 0 Å². The minimum absolute atomic E-state index is 0.195. The van der Waals surface area contributed by atoms with Crippen LogP contribution in [0.15, 0.2) is 12.4 Å². The summed E-state index contributed by atoms with van der Waals surface area (Å²) in [6.07, 6.45) is 5.60. The number of hydrogen-bond acceptors (Lipinski definition) is 4. The van der Waals surface area contributed by atoms with Crippen LogP contribution in [0.4, 0.5) is 5.95 Å². The molecule has 0 saturated carbocycles. The summed E-state index contributed by atoms with van der Waals surface area (Å²) in [5.74, 6) is 0.774. The highest BCUT2D eigenvalue weighted by molar-refractivity contribution is 5.31. The molecule has 0 saturated heterocycles. The Bertz CT molecular complexity index is 380. The second-order valence-corrected chi connectivity index (χ2v) is 6.42. The minimum atomic E-state index is 0.195. The normalized spacial score (nSPS) is 15.1. The van der Waals surface area contributed by atoms with Crippen LogP contribution in [-0.4, -0.2) is 29.1 Å². The average Bonchev–Trinajstić information content (AvgIpc) is 2.36. The second-order valence-electron chi connectivity index (χ2n) is 6.42. The predicted octanol–water partition coefficient (Wildman–Crippen LogP) is 2.63. The molecule has 0 radical (unpaired) electrons. The number of nitrogens with zero attached hydrogens (tertiary/aromatic N) is 3. The van der Waals surface area contributed by atoms with Gasteiger partial charge in [-0.05, 0) is 30.7 Å². The zero-order chi connectivity index (χ0) is 14.6. The Morgan fingerprint density at radius 2 is 1.79 bits per heavy atom. The third-order valence-electron chi connectivity index (χ3n) is 3.86. The molecular formula is C15H28N4. The molecule has 4 heteroatoms. The molecule has 0 bridgehead atoms. The lowest BCUT2D eigenvalue weighted by Gasteiger charge is -2.35. The summed E-state index contributed by atoms with van der Waals surface area (Å²) in [5.41, 5.74) is 7.24. The first-order chi connectivity index (χ1) is 8.75. The van der Waals surface area contributed by atoms with Crippen LogP contribution in [0.25, 0.3) is 0 Å². The first-order valence-corrected chi connectivity index (χ1v) is 7.05. The smallest absolute Gasteiger partial charge is 0.225 e. The van der Waals surface area contributed by atoms with Gasteiger partial charge in [0, 0.05) is 31.5 Å². The molecule has 2 N–H and O–H groups in total. The molecular weight excluding hydrogens is 236 g/mol. The summed E-state index contributed by atoms with van der Waals surface area (Å²) in [4.78, 5) is 11.0. The van der Waals surface area contributed by atoms with Gasteiger partial charge in [0.1, 0.15) is 0 Å². The summed E-state index contributed by atoms with van der Waals surface area (Å²) < 4.78 is 0. The van der Waals surface area contributed by atoms with Crippen molar-refractivity contribution in [1.82, 2.24) is 9.97 Å². The van der Waals surface area contributed by atoms with Crippen LogP contribution in [0, 0.1) is 5.41 Å². The number of aromatic nitrogens is 2. The molecule has 0 aliphatic rings.